The van der Waals surface area contributed by atoms with E-state index in [2.05, 4.69) is 4.90 Å². The maximum absolute atomic E-state index is 12.1. The summed E-state index contributed by atoms with van der Waals surface area (Å²) in [5.74, 6) is 0.610. The third-order valence-corrected chi connectivity index (χ3v) is 4.42. The molecule has 5 nitrogen and oxygen atoms in total. The van der Waals surface area contributed by atoms with Crippen LogP contribution in [0, 0.1) is 5.92 Å². The summed E-state index contributed by atoms with van der Waals surface area (Å²) >= 11 is 0. The lowest BCUT2D eigenvalue weighted by atomic mass is 9.94. The minimum absolute atomic E-state index is 0.186. The van der Waals surface area contributed by atoms with Crippen molar-refractivity contribution >= 4 is 6.09 Å². The van der Waals surface area contributed by atoms with Crippen molar-refractivity contribution in [2.24, 2.45) is 5.92 Å². The van der Waals surface area contributed by atoms with Crippen LogP contribution in [-0.4, -0.2) is 65.4 Å². The van der Waals surface area contributed by atoms with Crippen molar-refractivity contribution in [2.45, 2.75) is 58.1 Å². The van der Waals surface area contributed by atoms with Gasteiger partial charge in [-0.3, -0.25) is 4.90 Å². The van der Waals surface area contributed by atoms with Crippen molar-refractivity contribution in [1.29, 1.82) is 0 Å². The lowest BCUT2D eigenvalue weighted by Crippen LogP contribution is -2.45. The summed E-state index contributed by atoms with van der Waals surface area (Å²) < 4.78 is 5.45. The van der Waals surface area contributed by atoms with E-state index in [4.69, 9.17) is 9.84 Å². The monoisotopic (exact) mass is 298 g/mol. The topological polar surface area (TPSA) is 53.0 Å². The number of hydrogen-bond donors (Lipinski definition) is 1. The highest BCUT2D eigenvalue weighted by Crippen LogP contribution is 2.25. The van der Waals surface area contributed by atoms with Crippen LogP contribution in [0.4, 0.5) is 4.79 Å². The molecule has 122 valence electrons. The van der Waals surface area contributed by atoms with Crippen molar-refractivity contribution in [1.82, 2.24) is 9.80 Å². The molecule has 0 aromatic heterocycles. The molecule has 2 heterocycles. The van der Waals surface area contributed by atoms with Crippen molar-refractivity contribution in [3.63, 3.8) is 0 Å². The van der Waals surface area contributed by atoms with Gasteiger partial charge in [0, 0.05) is 32.3 Å². The van der Waals surface area contributed by atoms with Gasteiger partial charge in [-0.05, 0) is 58.9 Å². The van der Waals surface area contributed by atoms with Gasteiger partial charge < -0.3 is 14.7 Å². The van der Waals surface area contributed by atoms with Gasteiger partial charge in [-0.15, -0.1) is 0 Å². The van der Waals surface area contributed by atoms with Crippen LogP contribution < -0.4 is 0 Å². The molecule has 0 spiro atoms. The highest BCUT2D eigenvalue weighted by molar-refractivity contribution is 5.68. The molecule has 5 heteroatoms. The first-order valence-corrected chi connectivity index (χ1v) is 8.22. The van der Waals surface area contributed by atoms with Crippen molar-refractivity contribution in [3.8, 4) is 0 Å². The smallest absolute Gasteiger partial charge is 0.410 e. The number of likely N-dealkylation sites (tertiary alicyclic amines) is 2. The first-order valence-electron chi connectivity index (χ1n) is 8.22. The number of carbonyl (C=O) groups is 1. The van der Waals surface area contributed by atoms with E-state index >= 15 is 0 Å². The number of piperidine rings is 1. The lowest BCUT2D eigenvalue weighted by molar-refractivity contribution is 0.0271. The Balaban J connectivity index is 1.83. The van der Waals surface area contributed by atoms with Gasteiger partial charge in [-0.1, -0.05) is 0 Å². The van der Waals surface area contributed by atoms with Crippen LogP contribution in [0.1, 0.15) is 46.5 Å². The summed E-state index contributed by atoms with van der Waals surface area (Å²) in [7, 11) is 0. The minimum atomic E-state index is -0.424. The van der Waals surface area contributed by atoms with Crippen LogP contribution in [0.25, 0.3) is 0 Å². The zero-order valence-electron chi connectivity index (χ0n) is 13.7. The van der Waals surface area contributed by atoms with Crippen molar-refractivity contribution in [2.75, 3.05) is 32.8 Å². The Hall–Kier alpha value is -0.810. The molecule has 2 aliphatic rings. The van der Waals surface area contributed by atoms with Gasteiger partial charge in [-0.25, -0.2) is 4.79 Å². The van der Waals surface area contributed by atoms with Crippen LogP contribution in [0.15, 0.2) is 0 Å². The minimum Gasteiger partial charge on any atom is -0.444 e. The molecule has 0 radical (unpaired) electrons. The maximum Gasteiger partial charge on any atom is 0.410 e. The first-order chi connectivity index (χ1) is 9.89. The van der Waals surface area contributed by atoms with Crippen LogP contribution in [-0.2, 0) is 4.74 Å². The Bertz CT molecular complexity index is 352. The molecule has 0 bridgehead atoms. The first kappa shape index (κ1) is 16.6. The van der Waals surface area contributed by atoms with Gasteiger partial charge in [0.15, 0.2) is 0 Å². The van der Waals surface area contributed by atoms with Crippen LogP contribution >= 0.6 is 0 Å². The van der Waals surface area contributed by atoms with E-state index < -0.39 is 5.60 Å². The zero-order chi connectivity index (χ0) is 15.5. The quantitative estimate of drug-likeness (QED) is 0.867. The molecule has 2 fully saturated rings. The third-order valence-electron chi connectivity index (χ3n) is 4.42. The summed E-state index contributed by atoms with van der Waals surface area (Å²) in [6, 6.07) is 0.457. The summed E-state index contributed by atoms with van der Waals surface area (Å²) in [5, 5.41) is 9.11. The van der Waals surface area contributed by atoms with E-state index in [9.17, 15) is 4.79 Å². The van der Waals surface area contributed by atoms with E-state index in [0.717, 1.165) is 39.0 Å². The number of aliphatic hydroxyl groups excluding tert-OH is 1. The SMILES string of the molecule is CC(C)(C)OC(=O)N1CCC(N2CCCC(CCO)C2)C1. The van der Waals surface area contributed by atoms with Gasteiger partial charge >= 0.3 is 6.09 Å². The van der Waals surface area contributed by atoms with Gasteiger partial charge in [0.1, 0.15) is 5.60 Å². The number of aliphatic hydroxyl groups is 1. The summed E-state index contributed by atoms with van der Waals surface area (Å²) in [5.41, 5.74) is -0.424. The van der Waals surface area contributed by atoms with Crippen LogP contribution in [0.3, 0.4) is 0 Å². The molecule has 2 atom stereocenters. The molecule has 2 aliphatic heterocycles. The number of ether oxygens (including phenoxy) is 1. The predicted molar refractivity (Wildman–Crippen MR) is 82.2 cm³/mol. The molecule has 2 unspecified atom stereocenters. The molecule has 0 aromatic rings. The van der Waals surface area contributed by atoms with Gasteiger partial charge in [0.05, 0.1) is 0 Å². The number of hydrogen-bond acceptors (Lipinski definition) is 4. The second-order valence-corrected chi connectivity index (χ2v) is 7.38. The molecule has 21 heavy (non-hydrogen) atoms. The summed E-state index contributed by atoms with van der Waals surface area (Å²) in [6.07, 6.45) is 4.17. The Morgan fingerprint density at radius 1 is 1.24 bits per heavy atom. The van der Waals surface area contributed by atoms with Crippen LogP contribution in [0.5, 0.6) is 0 Å². The fourth-order valence-electron chi connectivity index (χ4n) is 3.38. The number of nitrogens with zero attached hydrogens (tertiary/aromatic N) is 2. The fraction of sp³-hybridized carbons (Fsp3) is 0.938. The fourth-order valence-corrected chi connectivity index (χ4v) is 3.38. The maximum atomic E-state index is 12.1. The zero-order valence-corrected chi connectivity index (χ0v) is 13.7. The molecule has 0 saturated carbocycles. The van der Waals surface area contributed by atoms with Gasteiger partial charge in [-0.2, -0.15) is 0 Å². The Morgan fingerprint density at radius 2 is 2.00 bits per heavy atom. The van der Waals surface area contributed by atoms with Gasteiger partial charge in [0.2, 0.25) is 0 Å². The molecular weight excluding hydrogens is 268 g/mol. The highest BCUT2D eigenvalue weighted by atomic mass is 16.6. The van der Waals surface area contributed by atoms with E-state index in [1.165, 1.54) is 12.8 Å². The standard InChI is InChI=1S/C16H30N2O3/c1-16(2,3)21-15(20)18-9-6-14(12-18)17-8-4-5-13(11-17)7-10-19/h13-14,19H,4-12H2,1-3H3. The molecule has 0 aliphatic carbocycles. The summed E-state index contributed by atoms with van der Waals surface area (Å²) in [4.78, 5) is 16.5. The van der Waals surface area contributed by atoms with E-state index in [-0.39, 0.29) is 12.7 Å². The molecule has 1 amide bonds. The van der Waals surface area contributed by atoms with E-state index in [0.29, 0.717) is 12.0 Å². The van der Waals surface area contributed by atoms with E-state index in [1.807, 2.05) is 25.7 Å². The number of carbonyl (C=O) groups excluding carboxylic acids is 1. The predicted octanol–water partition coefficient (Wildman–Crippen LogP) is 2.09. The van der Waals surface area contributed by atoms with Crippen molar-refractivity contribution < 1.29 is 14.6 Å². The Labute approximate surface area is 128 Å². The molecule has 2 saturated heterocycles. The Morgan fingerprint density at radius 3 is 2.67 bits per heavy atom. The van der Waals surface area contributed by atoms with Crippen molar-refractivity contribution in [3.05, 3.63) is 0 Å². The van der Waals surface area contributed by atoms with Crippen LogP contribution in [0.2, 0.25) is 0 Å². The second-order valence-electron chi connectivity index (χ2n) is 7.38. The molecule has 2 rings (SSSR count). The normalized spacial score (nSPS) is 27.9. The van der Waals surface area contributed by atoms with Gasteiger partial charge in [0.25, 0.3) is 0 Å². The Kier molecular flexibility index (Phi) is 5.49. The van der Waals surface area contributed by atoms with E-state index in [1.54, 1.807) is 0 Å². The number of amides is 1. The highest BCUT2D eigenvalue weighted by Gasteiger charge is 2.34. The average molecular weight is 298 g/mol. The molecule has 0 aromatic carbocycles. The second kappa shape index (κ2) is 6.97. The largest absolute Gasteiger partial charge is 0.444 e. The summed E-state index contributed by atoms with van der Waals surface area (Å²) in [6.45, 7) is 9.75. The molecule has 1 N–H and O–H groups in total. The average Bonchev–Trinajstić information content (AvgIpc) is 2.87. The number of rotatable bonds is 3. The lowest BCUT2D eigenvalue weighted by Gasteiger charge is -2.36. The third kappa shape index (κ3) is 4.85. The molecular formula is C16H30N2O3.